The van der Waals surface area contributed by atoms with E-state index in [0.717, 1.165) is 28.8 Å². The van der Waals surface area contributed by atoms with Gasteiger partial charge in [-0.3, -0.25) is 9.52 Å². The highest BCUT2D eigenvalue weighted by Gasteiger charge is 2.31. The Balaban J connectivity index is 1.91. The molecule has 3 rings (SSSR count). The molecule has 1 aliphatic heterocycles. The quantitative estimate of drug-likeness (QED) is 0.805. The Morgan fingerprint density at radius 3 is 2.68 bits per heavy atom. The number of carbonyl (C=O) groups is 1. The highest BCUT2D eigenvalue weighted by molar-refractivity contribution is 7.92. The van der Waals surface area contributed by atoms with Gasteiger partial charge in [0, 0.05) is 19.0 Å². The Bertz CT molecular complexity index is 1020. The number of sulfonamides is 1. The van der Waals surface area contributed by atoms with Gasteiger partial charge in [-0.2, -0.15) is 5.10 Å². The maximum absolute atomic E-state index is 12.2. The third kappa shape index (κ3) is 4.69. The average Bonchev–Trinajstić information content (AvgIpc) is 3.07. The van der Waals surface area contributed by atoms with Crippen LogP contribution in [0.4, 0.5) is 5.69 Å². The van der Waals surface area contributed by atoms with E-state index in [4.69, 9.17) is 4.74 Å². The molecular formula is C20H23N3O4S. The van der Waals surface area contributed by atoms with Gasteiger partial charge < -0.3 is 4.74 Å². The molecule has 28 heavy (non-hydrogen) atoms. The first kappa shape index (κ1) is 19.9. The molecule has 1 N–H and O–H groups in total. The summed E-state index contributed by atoms with van der Waals surface area (Å²) in [7, 11) is -3.37. The van der Waals surface area contributed by atoms with E-state index in [1.807, 2.05) is 37.3 Å². The normalized spacial score (nSPS) is 16.6. The molecule has 148 valence electrons. The van der Waals surface area contributed by atoms with Crippen LogP contribution in [0.15, 0.2) is 53.6 Å². The molecule has 0 aromatic heterocycles. The van der Waals surface area contributed by atoms with Crippen molar-refractivity contribution in [3.63, 3.8) is 0 Å². The second kappa shape index (κ2) is 8.02. The van der Waals surface area contributed by atoms with Gasteiger partial charge in [0.2, 0.25) is 15.9 Å². The van der Waals surface area contributed by atoms with Crippen molar-refractivity contribution in [1.29, 1.82) is 0 Å². The fourth-order valence-corrected chi connectivity index (χ4v) is 3.74. The van der Waals surface area contributed by atoms with E-state index in [9.17, 15) is 13.2 Å². The molecule has 0 saturated heterocycles. The van der Waals surface area contributed by atoms with E-state index in [2.05, 4.69) is 9.82 Å². The van der Waals surface area contributed by atoms with Crippen LogP contribution in [0, 0.1) is 0 Å². The number of anilines is 1. The lowest BCUT2D eigenvalue weighted by Gasteiger charge is -2.21. The molecule has 2 aromatic rings. The summed E-state index contributed by atoms with van der Waals surface area (Å²) in [5.41, 5.74) is 2.88. The van der Waals surface area contributed by atoms with Crippen molar-refractivity contribution in [3.05, 3.63) is 59.7 Å². The van der Waals surface area contributed by atoms with Crippen LogP contribution in [-0.2, 0) is 14.8 Å². The summed E-state index contributed by atoms with van der Waals surface area (Å²) in [5, 5.41) is 5.98. The molecule has 1 atom stereocenters. The molecule has 2 aromatic carbocycles. The maximum atomic E-state index is 12.2. The minimum absolute atomic E-state index is 0.160. The van der Waals surface area contributed by atoms with Gasteiger partial charge in [0.25, 0.3) is 0 Å². The number of hydrogen-bond acceptors (Lipinski definition) is 5. The molecule has 1 heterocycles. The Hall–Kier alpha value is -2.87. The van der Waals surface area contributed by atoms with Crippen LogP contribution >= 0.6 is 0 Å². The first-order chi connectivity index (χ1) is 13.3. The largest absolute Gasteiger partial charge is 0.494 e. The zero-order valence-corrected chi connectivity index (χ0v) is 16.9. The highest BCUT2D eigenvalue weighted by Crippen LogP contribution is 2.34. The average molecular weight is 401 g/mol. The van der Waals surface area contributed by atoms with Gasteiger partial charge >= 0.3 is 0 Å². The molecule has 1 aliphatic rings. The number of amides is 1. The predicted molar refractivity (Wildman–Crippen MR) is 109 cm³/mol. The van der Waals surface area contributed by atoms with E-state index >= 15 is 0 Å². The lowest BCUT2D eigenvalue weighted by Crippen LogP contribution is -2.24. The summed E-state index contributed by atoms with van der Waals surface area (Å²) in [4.78, 5) is 12.2. The molecule has 0 spiro atoms. The smallest absolute Gasteiger partial charge is 0.240 e. The van der Waals surface area contributed by atoms with Gasteiger partial charge in [-0.15, -0.1) is 0 Å². The van der Waals surface area contributed by atoms with Crippen molar-refractivity contribution < 1.29 is 17.9 Å². The minimum Gasteiger partial charge on any atom is -0.494 e. The van der Waals surface area contributed by atoms with E-state index in [1.165, 1.54) is 11.9 Å². The number of rotatable bonds is 6. The van der Waals surface area contributed by atoms with Crippen molar-refractivity contribution in [2.45, 2.75) is 26.3 Å². The topological polar surface area (TPSA) is 88.1 Å². The number of nitrogens with one attached hydrogen (secondary N) is 1. The fourth-order valence-electron chi connectivity index (χ4n) is 3.19. The van der Waals surface area contributed by atoms with Gasteiger partial charge in [0.15, 0.2) is 0 Å². The van der Waals surface area contributed by atoms with E-state index in [1.54, 1.807) is 18.2 Å². The fraction of sp³-hybridized carbons (Fsp3) is 0.300. The molecule has 0 bridgehead atoms. The first-order valence-corrected chi connectivity index (χ1v) is 10.8. The number of ether oxygens (including phenoxy) is 1. The second-order valence-electron chi connectivity index (χ2n) is 6.59. The van der Waals surface area contributed by atoms with Crippen LogP contribution in [0.5, 0.6) is 5.75 Å². The summed E-state index contributed by atoms with van der Waals surface area (Å²) >= 11 is 0. The summed E-state index contributed by atoms with van der Waals surface area (Å²) in [6.07, 6.45) is 1.63. The molecule has 7 nitrogen and oxygen atoms in total. The Morgan fingerprint density at radius 2 is 2.00 bits per heavy atom. The summed E-state index contributed by atoms with van der Waals surface area (Å²) in [6.45, 7) is 3.96. The lowest BCUT2D eigenvalue weighted by molar-refractivity contribution is -0.130. The number of hydrazone groups is 1. The van der Waals surface area contributed by atoms with Gasteiger partial charge in [0.05, 0.1) is 24.6 Å². The molecular weight excluding hydrogens is 378 g/mol. The van der Waals surface area contributed by atoms with Crippen LogP contribution in [0.2, 0.25) is 0 Å². The third-order valence-electron chi connectivity index (χ3n) is 4.29. The summed E-state index contributed by atoms with van der Waals surface area (Å²) < 4.78 is 31.0. The van der Waals surface area contributed by atoms with Gasteiger partial charge in [-0.25, -0.2) is 13.4 Å². The van der Waals surface area contributed by atoms with Crippen molar-refractivity contribution in [1.82, 2.24) is 5.01 Å². The molecule has 0 unspecified atom stereocenters. The van der Waals surface area contributed by atoms with Crippen molar-refractivity contribution >= 4 is 27.3 Å². The molecule has 0 radical (unpaired) electrons. The monoisotopic (exact) mass is 401 g/mol. The van der Waals surface area contributed by atoms with Gasteiger partial charge in [-0.1, -0.05) is 24.3 Å². The summed E-state index contributed by atoms with van der Waals surface area (Å²) in [5.74, 6) is 0.587. The number of nitrogens with zero attached hydrogens (tertiary/aromatic N) is 2. The lowest BCUT2D eigenvalue weighted by atomic mass is 9.98. The zero-order chi connectivity index (χ0) is 20.3. The number of carbonyl (C=O) groups excluding carboxylic acids is 1. The third-order valence-corrected chi connectivity index (χ3v) is 4.89. The van der Waals surface area contributed by atoms with Gasteiger partial charge in [0.1, 0.15) is 5.75 Å². The standard InChI is InChI=1S/C20H23N3O4S/c1-4-27-18-10-6-8-16(12-18)20-13-19(21-23(20)14(2)24)15-7-5-9-17(11-15)22-28(3,25)26/h5-12,20,22H,4,13H2,1-3H3/t20-/m1/s1. The van der Waals surface area contributed by atoms with Crippen LogP contribution in [-0.4, -0.2) is 37.9 Å². The molecule has 0 saturated carbocycles. The molecule has 1 amide bonds. The zero-order valence-electron chi connectivity index (χ0n) is 16.0. The van der Waals surface area contributed by atoms with Crippen LogP contribution in [0.1, 0.15) is 37.4 Å². The number of hydrogen-bond donors (Lipinski definition) is 1. The Morgan fingerprint density at radius 1 is 1.25 bits per heavy atom. The van der Waals surface area contributed by atoms with Crippen LogP contribution < -0.4 is 9.46 Å². The van der Waals surface area contributed by atoms with E-state index < -0.39 is 10.0 Å². The van der Waals surface area contributed by atoms with E-state index in [0.29, 0.717) is 18.7 Å². The molecule has 8 heteroatoms. The van der Waals surface area contributed by atoms with Crippen molar-refractivity contribution in [2.75, 3.05) is 17.6 Å². The first-order valence-electron chi connectivity index (χ1n) is 8.95. The van der Waals surface area contributed by atoms with Crippen LogP contribution in [0.25, 0.3) is 0 Å². The highest BCUT2D eigenvalue weighted by atomic mass is 32.2. The Kier molecular flexibility index (Phi) is 5.69. The molecule has 0 fully saturated rings. The van der Waals surface area contributed by atoms with Gasteiger partial charge in [-0.05, 0) is 42.3 Å². The van der Waals surface area contributed by atoms with Crippen LogP contribution in [0.3, 0.4) is 0 Å². The maximum Gasteiger partial charge on any atom is 0.240 e. The SMILES string of the molecule is CCOc1cccc([C@H]2CC(c3cccc(NS(C)(=O)=O)c3)=NN2C(C)=O)c1. The van der Waals surface area contributed by atoms with Crippen molar-refractivity contribution in [3.8, 4) is 5.75 Å². The molecule has 0 aliphatic carbocycles. The minimum atomic E-state index is -3.37. The second-order valence-corrected chi connectivity index (χ2v) is 8.34. The van der Waals surface area contributed by atoms with E-state index in [-0.39, 0.29) is 11.9 Å². The Labute approximate surface area is 165 Å². The van der Waals surface area contributed by atoms with Crippen molar-refractivity contribution in [2.24, 2.45) is 5.10 Å². The summed E-state index contributed by atoms with van der Waals surface area (Å²) in [6, 6.07) is 14.4. The number of benzene rings is 2. The predicted octanol–water partition coefficient (Wildman–Crippen LogP) is 3.15.